The van der Waals surface area contributed by atoms with Crippen LogP contribution in [0, 0.1) is 0 Å². The fourth-order valence-electron chi connectivity index (χ4n) is 2.39. The SMILES string of the molecule is Cn1ccnc1CCC(O)c1cc(Br)c2c(c1)OCCO2. The Morgan fingerprint density at radius 3 is 2.95 bits per heavy atom. The molecule has 2 heterocycles. The zero-order valence-electron chi connectivity index (χ0n) is 11.8. The first kappa shape index (κ1) is 14.4. The van der Waals surface area contributed by atoms with Crippen LogP contribution < -0.4 is 9.47 Å². The van der Waals surface area contributed by atoms with Crippen molar-refractivity contribution in [2.75, 3.05) is 13.2 Å². The molecule has 1 N–H and O–H groups in total. The number of aryl methyl sites for hydroxylation is 2. The highest BCUT2D eigenvalue weighted by atomic mass is 79.9. The van der Waals surface area contributed by atoms with Crippen molar-refractivity contribution in [3.8, 4) is 11.5 Å². The predicted molar refractivity (Wildman–Crippen MR) is 81.6 cm³/mol. The molecular weight excluding hydrogens is 336 g/mol. The lowest BCUT2D eigenvalue weighted by atomic mass is 10.0. The Morgan fingerprint density at radius 2 is 2.19 bits per heavy atom. The molecule has 1 atom stereocenters. The molecule has 0 saturated heterocycles. The van der Waals surface area contributed by atoms with E-state index in [0.29, 0.717) is 31.1 Å². The van der Waals surface area contributed by atoms with E-state index in [1.165, 1.54) is 0 Å². The van der Waals surface area contributed by atoms with E-state index in [1.54, 1.807) is 6.20 Å². The Balaban J connectivity index is 1.74. The van der Waals surface area contributed by atoms with Gasteiger partial charge in [-0.25, -0.2) is 4.98 Å². The summed E-state index contributed by atoms with van der Waals surface area (Å²) in [6.07, 6.45) is 4.44. The van der Waals surface area contributed by atoms with Gasteiger partial charge in [-0.1, -0.05) is 0 Å². The maximum atomic E-state index is 10.4. The molecule has 0 saturated carbocycles. The number of halogens is 1. The lowest BCUT2D eigenvalue weighted by molar-refractivity contribution is 0.158. The first-order valence-electron chi connectivity index (χ1n) is 6.88. The van der Waals surface area contributed by atoms with Crippen LogP contribution >= 0.6 is 15.9 Å². The summed E-state index contributed by atoms with van der Waals surface area (Å²) in [5.41, 5.74) is 0.820. The molecular formula is C15H17BrN2O3. The molecule has 0 amide bonds. The average molecular weight is 353 g/mol. The first-order valence-corrected chi connectivity index (χ1v) is 7.68. The van der Waals surface area contributed by atoms with Crippen LogP contribution in [0.2, 0.25) is 0 Å². The minimum atomic E-state index is -0.561. The molecule has 0 aliphatic carbocycles. The van der Waals surface area contributed by atoms with Crippen molar-refractivity contribution in [1.29, 1.82) is 0 Å². The van der Waals surface area contributed by atoms with E-state index in [1.807, 2.05) is 29.9 Å². The molecule has 0 spiro atoms. The van der Waals surface area contributed by atoms with E-state index >= 15 is 0 Å². The second-order valence-electron chi connectivity index (χ2n) is 5.04. The number of imidazole rings is 1. The Labute approximate surface area is 131 Å². The molecule has 21 heavy (non-hydrogen) atoms. The van der Waals surface area contributed by atoms with Gasteiger partial charge in [0.15, 0.2) is 11.5 Å². The van der Waals surface area contributed by atoms with Gasteiger partial charge in [0.2, 0.25) is 0 Å². The van der Waals surface area contributed by atoms with Crippen molar-refractivity contribution >= 4 is 15.9 Å². The molecule has 1 aromatic heterocycles. The molecule has 0 bridgehead atoms. The molecule has 0 fully saturated rings. The summed E-state index contributed by atoms with van der Waals surface area (Å²) in [6.45, 7) is 1.08. The summed E-state index contributed by atoms with van der Waals surface area (Å²) in [7, 11) is 1.95. The molecule has 1 aromatic carbocycles. The van der Waals surface area contributed by atoms with Crippen molar-refractivity contribution in [2.45, 2.75) is 18.9 Å². The van der Waals surface area contributed by atoms with Crippen LogP contribution in [0.1, 0.15) is 23.9 Å². The number of ether oxygens (including phenoxy) is 2. The van der Waals surface area contributed by atoms with E-state index in [4.69, 9.17) is 9.47 Å². The second kappa shape index (κ2) is 6.07. The quantitative estimate of drug-likeness (QED) is 0.918. The number of aromatic nitrogens is 2. The Morgan fingerprint density at radius 1 is 1.38 bits per heavy atom. The minimum absolute atomic E-state index is 0.534. The second-order valence-corrected chi connectivity index (χ2v) is 5.89. The number of fused-ring (bicyclic) bond motifs is 1. The van der Waals surface area contributed by atoms with E-state index in [0.717, 1.165) is 22.3 Å². The molecule has 112 valence electrons. The molecule has 1 unspecified atom stereocenters. The standard InChI is InChI=1S/C15H17BrN2O3/c1-18-5-4-17-14(18)3-2-12(19)10-8-11(16)15-13(9-10)20-6-7-21-15/h4-5,8-9,12,19H,2-3,6-7H2,1H3. The summed E-state index contributed by atoms with van der Waals surface area (Å²) in [5, 5.41) is 10.4. The zero-order chi connectivity index (χ0) is 14.8. The van der Waals surface area contributed by atoms with Crippen LogP contribution in [0.4, 0.5) is 0 Å². The van der Waals surface area contributed by atoms with Crippen LogP contribution in [0.15, 0.2) is 29.0 Å². The highest BCUT2D eigenvalue weighted by molar-refractivity contribution is 9.10. The van der Waals surface area contributed by atoms with E-state index in [-0.39, 0.29) is 0 Å². The highest BCUT2D eigenvalue weighted by Gasteiger charge is 2.19. The molecule has 0 radical (unpaired) electrons. The van der Waals surface area contributed by atoms with Crippen molar-refractivity contribution in [1.82, 2.24) is 9.55 Å². The van der Waals surface area contributed by atoms with Gasteiger partial charge in [-0.3, -0.25) is 0 Å². The predicted octanol–water partition coefficient (Wildman–Crippen LogP) is 2.62. The van der Waals surface area contributed by atoms with Crippen LogP contribution in [-0.2, 0) is 13.5 Å². The van der Waals surface area contributed by atoms with Gasteiger partial charge in [0.25, 0.3) is 0 Å². The number of hydrogen-bond acceptors (Lipinski definition) is 4. The fourth-order valence-corrected chi connectivity index (χ4v) is 2.97. The van der Waals surface area contributed by atoms with E-state index in [9.17, 15) is 5.11 Å². The molecule has 1 aliphatic heterocycles. The Hall–Kier alpha value is -1.53. The van der Waals surface area contributed by atoms with Gasteiger partial charge >= 0.3 is 0 Å². The average Bonchev–Trinajstić information content (AvgIpc) is 2.90. The molecule has 1 aliphatic rings. The number of aliphatic hydroxyl groups is 1. The van der Waals surface area contributed by atoms with E-state index in [2.05, 4.69) is 20.9 Å². The van der Waals surface area contributed by atoms with Crippen molar-refractivity contribution in [3.05, 3.63) is 40.4 Å². The Bertz CT molecular complexity index is 642. The minimum Gasteiger partial charge on any atom is -0.486 e. The number of nitrogens with zero attached hydrogens (tertiary/aromatic N) is 2. The number of aliphatic hydroxyl groups excluding tert-OH is 1. The number of hydrogen-bond donors (Lipinski definition) is 1. The van der Waals surface area contributed by atoms with Gasteiger partial charge < -0.3 is 19.1 Å². The van der Waals surface area contributed by atoms with Crippen molar-refractivity contribution in [3.63, 3.8) is 0 Å². The van der Waals surface area contributed by atoms with Crippen LogP contribution in [0.25, 0.3) is 0 Å². The van der Waals surface area contributed by atoms with Crippen LogP contribution in [-0.4, -0.2) is 27.9 Å². The van der Waals surface area contributed by atoms with Crippen molar-refractivity contribution < 1.29 is 14.6 Å². The molecule has 3 rings (SSSR count). The summed E-state index contributed by atoms with van der Waals surface area (Å²) >= 11 is 3.47. The van der Waals surface area contributed by atoms with Gasteiger partial charge in [-0.2, -0.15) is 0 Å². The van der Waals surface area contributed by atoms with Gasteiger partial charge in [-0.05, 0) is 40.0 Å². The molecule has 2 aromatic rings. The van der Waals surface area contributed by atoms with Gasteiger partial charge in [0.05, 0.1) is 10.6 Å². The summed E-state index contributed by atoms with van der Waals surface area (Å²) in [5.74, 6) is 2.36. The first-order chi connectivity index (χ1) is 10.1. The highest BCUT2D eigenvalue weighted by Crippen LogP contribution is 2.40. The summed E-state index contributed by atoms with van der Waals surface area (Å²) < 4.78 is 13.9. The lowest BCUT2D eigenvalue weighted by Gasteiger charge is -2.21. The maximum absolute atomic E-state index is 10.4. The van der Waals surface area contributed by atoms with Crippen molar-refractivity contribution in [2.24, 2.45) is 7.05 Å². The lowest BCUT2D eigenvalue weighted by Crippen LogP contribution is -2.16. The van der Waals surface area contributed by atoms with Gasteiger partial charge in [0.1, 0.15) is 19.0 Å². The zero-order valence-corrected chi connectivity index (χ0v) is 13.3. The molecule has 5 nitrogen and oxygen atoms in total. The third-order valence-corrected chi connectivity index (χ3v) is 4.16. The maximum Gasteiger partial charge on any atom is 0.175 e. The largest absolute Gasteiger partial charge is 0.486 e. The van der Waals surface area contributed by atoms with Gasteiger partial charge in [0, 0.05) is 25.9 Å². The third kappa shape index (κ3) is 3.06. The van der Waals surface area contributed by atoms with Crippen LogP contribution in [0.3, 0.4) is 0 Å². The van der Waals surface area contributed by atoms with Crippen LogP contribution in [0.5, 0.6) is 11.5 Å². The normalized spacial score (nSPS) is 15.0. The fraction of sp³-hybridized carbons (Fsp3) is 0.400. The Kier molecular flexibility index (Phi) is 4.17. The smallest absolute Gasteiger partial charge is 0.175 e. The third-order valence-electron chi connectivity index (χ3n) is 3.57. The number of benzene rings is 1. The molecule has 6 heteroatoms. The number of rotatable bonds is 4. The summed E-state index contributed by atoms with van der Waals surface area (Å²) in [6, 6.07) is 3.74. The van der Waals surface area contributed by atoms with Gasteiger partial charge in [-0.15, -0.1) is 0 Å². The monoisotopic (exact) mass is 352 g/mol. The topological polar surface area (TPSA) is 56.5 Å². The van der Waals surface area contributed by atoms with E-state index < -0.39 is 6.10 Å². The summed E-state index contributed by atoms with van der Waals surface area (Å²) in [4.78, 5) is 4.27.